The number of nitrogens with two attached hydrogens (primary N) is 1. The maximum Gasteiger partial charge on any atom is 0.222 e. The van der Waals surface area contributed by atoms with Crippen LogP contribution < -0.4 is 10.5 Å². The average Bonchev–Trinajstić information content (AvgIpc) is 2.32. The van der Waals surface area contributed by atoms with E-state index in [0.29, 0.717) is 11.7 Å². The van der Waals surface area contributed by atoms with Crippen molar-refractivity contribution in [2.24, 2.45) is 5.92 Å². The van der Waals surface area contributed by atoms with E-state index in [2.05, 4.69) is 30.7 Å². The van der Waals surface area contributed by atoms with Crippen molar-refractivity contribution in [2.75, 3.05) is 5.73 Å². The molecule has 0 aliphatic heterocycles. The molecule has 0 spiro atoms. The van der Waals surface area contributed by atoms with E-state index < -0.39 is 0 Å². The molecule has 18 heavy (non-hydrogen) atoms. The molecule has 1 saturated carbocycles. The Labute approximate surface area is 109 Å². The number of hydrogen-bond acceptors (Lipinski definition) is 4. The molecule has 0 aromatic carbocycles. The lowest BCUT2D eigenvalue weighted by Gasteiger charge is -2.27. The lowest BCUT2D eigenvalue weighted by Crippen LogP contribution is -2.24. The van der Waals surface area contributed by atoms with Crippen LogP contribution in [-0.4, -0.2) is 16.1 Å². The van der Waals surface area contributed by atoms with Crippen LogP contribution in [0.25, 0.3) is 0 Å². The molecule has 0 saturated heterocycles. The van der Waals surface area contributed by atoms with Crippen molar-refractivity contribution < 1.29 is 4.74 Å². The Kier molecular flexibility index (Phi) is 4.04. The molecule has 1 aromatic rings. The zero-order valence-electron chi connectivity index (χ0n) is 11.5. The second kappa shape index (κ2) is 5.55. The quantitative estimate of drug-likeness (QED) is 0.894. The van der Waals surface area contributed by atoms with Crippen LogP contribution in [0.2, 0.25) is 0 Å². The van der Waals surface area contributed by atoms with Crippen LogP contribution in [-0.2, 0) is 0 Å². The van der Waals surface area contributed by atoms with Crippen LogP contribution in [0.1, 0.15) is 57.9 Å². The van der Waals surface area contributed by atoms with Gasteiger partial charge in [-0.3, -0.25) is 0 Å². The highest BCUT2D eigenvalue weighted by molar-refractivity contribution is 5.46. The maximum atomic E-state index is 6.05. The summed E-state index contributed by atoms with van der Waals surface area (Å²) in [7, 11) is 0. The van der Waals surface area contributed by atoms with Gasteiger partial charge >= 0.3 is 0 Å². The molecule has 0 radical (unpaired) electrons. The highest BCUT2D eigenvalue weighted by Gasteiger charge is 2.22. The van der Waals surface area contributed by atoms with Crippen molar-refractivity contribution in [2.45, 2.75) is 58.5 Å². The number of aromatic nitrogens is 2. The summed E-state index contributed by atoms with van der Waals surface area (Å²) >= 11 is 0. The first-order valence-electron chi connectivity index (χ1n) is 6.85. The van der Waals surface area contributed by atoms with E-state index >= 15 is 0 Å². The van der Waals surface area contributed by atoms with Gasteiger partial charge in [-0.25, -0.2) is 9.97 Å². The molecule has 0 bridgehead atoms. The van der Waals surface area contributed by atoms with Gasteiger partial charge < -0.3 is 10.5 Å². The van der Waals surface area contributed by atoms with Gasteiger partial charge in [0.05, 0.1) is 5.56 Å². The molecule has 100 valence electrons. The van der Waals surface area contributed by atoms with Gasteiger partial charge in [-0.1, -0.05) is 20.8 Å². The summed E-state index contributed by atoms with van der Waals surface area (Å²) in [6.45, 7) is 6.48. The average molecular weight is 249 g/mol. The van der Waals surface area contributed by atoms with Crippen molar-refractivity contribution in [3.8, 4) is 5.88 Å². The van der Waals surface area contributed by atoms with Crippen molar-refractivity contribution in [3.63, 3.8) is 0 Å². The zero-order valence-corrected chi connectivity index (χ0v) is 11.5. The molecular formula is C14H23N3O. The third kappa shape index (κ3) is 2.92. The molecule has 1 aliphatic carbocycles. The fourth-order valence-corrected chi connectivity index (χ4v) is 2.53. The molecule has 0 amide bonds. The van der Waals surface area contributed by atoms with Crippen molar-refractivity contribution in [1.29, 1.82) is 0 Å². The molecular weight excluding hydrogens is 226 g/mol. The van der Waals surface area contributed by atoms with Crippen LogP contribution in [0.5, 0.6) is 5.88 Å². The number of nitrogen functional groups attached to an aromatic ring is 1. The first kappa shape index (κ1) is 13.1. The first-order chi connectivity index (χ1) is 8.58. The fraction of sp³-hybridized carbons (Fsp3) is 0.714. The van der Waals surface area contributed by atoms with Crippen molar-refractivity contribution in [1.82, 2.24) is 9.97 Å². The summed E-state index contributed by atoms with van der Waals surface area (Å²) in [6, 6.07) is 0. The first-order valence-corrected chi connectivity index (χ1v) is 6.85. The number of anilines is 1. The summed E-state index contributed by atoms with van der Waals surface area (Å²) in [6.07, 6.45) is 6.48. The SMILES string of the molecule is CC1CCC(Oc2ncnc(N)c2C(C)C)CC1. The normalized spacial score (nSPS) is 24.2. The lowest BCUT2D eigenvalue weighted by atomic mass is 9.89. The van der Waals surface area contributed by atoms with Gasteiger partial charge in [0.15, 0.2) is 0 Å². The second-order valence-corrected chi connectivity index (χ2v) is 5.63. The van der Waals surface area contributed by atoms with E-state index in [9.17, 15) is 0 Å². The van der Waals surface area contributed by atoms with Gasteiger partial charge in [0.2, 0.25) is 5.88 Å². The second-order valence-electron chi connectivity index (χ2n) is 5.63. The van der Waals surface area contributed by atoms with Crippen LogP contribution in [0.4, 0.5) is 5.82 Å². The Morgan fingerprint density at radius 1 is 1.22 bits per heavy atom. The zero-order chi connectivity index (χ0) is 13.1. The third-order valence-corrected chi connectivity index (χ3v) is 3.70. The monoisotopic (exact) mass is 249 g/mol. The lowest BCUT2D eigenvalue weighted by molar-refractivity contribution is 0.128. The molecule has 4 heteroatoms. The minimum absolute atomic E-state index is 0.281. The van der Waals surface area contributed by atoms with E-state index in [1.165, 1.54) is 19.2 Å². The molecule has 1 aliphatic rings. The van der Waals surface area contributed by atoms with Crippen molar-refractivity contribution in [3.05, 3.63) is 11.9 Å². The highest BCUT2D eigenvalue weighted by Crippen LogP contribution is 2.32. The van der Waals surface area contributed by atoms with Crippen LogP contribution in [0.15, 0.2) is 6.33 Å². The van der Waals surface area contributed by atoms with E-state index in [1.54, 1.807) is 0 Å². The topological polar surface area (TPSA) is 61.0 Å². The highest BCUT2D eigenvalue weighted by atomic mass is 16.5. The minimum atomic E-state index is 0.281. The summed E-state index contributed by atoms with van der Waals surface area (Å²) in [5, 5.41) is 0. The van der Waals surface area contributed by atoms with Gasteiger partial charge in [-0.15, -0.1) is 0 Å². The molecule has 4 nitrogen and oxygen atoms in total. The van der Waals surface area contributed by atoms with Crippen LogP contribution in [0.3, 0.4) is 0 Å². The molecule has 0 unspecified atom stereocenters. The van der Waals surface area contributed by atoms with Gasteiger partial charge in [0, 0.05) is 0 Å². The molecule has 2 rings (SSSR count). The van der Waals surface area contributed by atoms with Gasteiger partial charge in [-0.05, 0) is 37.5 Å². The Morgan fingerprint density at radius 3 is 2.50 bits per heavy atom. The van der Waals surface area contributed by atoms with Crippen molar-refractivity contribution >= 4 is 5.82 Å². The van der Waals surface area contributed by atoms with E-state index in [0.717, 1.165) is 24.3 Å². The number of ether oxygens (including phenoxy) is 1. The van der Waals surface area contributed by atoms with Gasteiger partial charge in [0.25, 0.3) is 0 Å². The minimum Gasteiger partial charge on any atom is -0.474 e. The fourth-order valence-electron chi connectivity index (χ4n) is 2.53. The summed E-state index contributed by atoms with van der Waals surface area (Å²) in [5.41, 5.74) is 6.86. The summed E-state index contributed by atoms with van der Waals surface area (Å²) in [5.74, 6) is 2.32. The van der Waals surface area contributed by atoms with Gasteiger partial charge in [-0.2, -0.15) is 0 Å². The Morgan fingerprint density at radius 2 is 1.89 bits per heavy atom. The molecule has 1 heterocycles. The standard InChI is InChI=1S/C14H23N3O/c1-9(2)12-13(15)16-8-17-14(12)18-11-6-4-10(3)5-7-11/h8-11H,4-7H2,1-3H3,(H2,15,16,17). The number of hydrogen-bond donors (Lipinski definition) is 1. The number of rotatable bonds is 3. The molecule has 1 aromatic heterocycles. The molecule has 2 N–H and O–H groups in total. The summed E-state index contributed by atoms with van der Waals surface area (Å²) in [4.78, 5) is 8.31. The maximum absolute atomic E-state index is 6.05. The predicted molar refractivity (Wildman–Crippen MR) is 72.6 cm³/mol. The van der Waals surface area contributed by atoms with Crippen LogP contribution >= 0.6 is 0 Å². The van der Waals surface area contributed by atoms with E-state index in [4.69, 9.17) is 10.5 Å². The smallest absolute Gasteiger partial charge is 0.222 e. The largest absolute Gasteiger partial charge is 0.474 e. The Bertz CT molecular complexity index is 398. The van der Waals surface area contributed by atoms with E-state index in [1.807, 2.05) is 0 Å². The summed E-state index contributed by atoms with van der Waals surface area (Å²) < 4.78 is 6.05. The third-order valence-electron chi connectivity index (χ3n) is 3.70. The molecule has 0 atom stereocenters. The Hall–Kier alpha value is -1.32. The molecule has 1 fully saturated rings. The number of nitrogens with zero attached hydrogens (tertiary/aromatic N) is 2. The van der Waals surface area contributed by atoms with E-state index in [-0.39, 0.29) is 12.0 Å². The van der Waals surface area contributed by atoms with Crippen LogP contribution in [0, 0.1) is 5.92 Å². The Balaban J connectivity index is 2.11. The van der Waals surface area contributed by atoms with Gasteiger partial charge in [0.1, 0.15) is 18.2 Å². The predicted octanol–water partition coefficient (Wildman–Crippen LogP) is 3.14.